The van der Waals surface area contributed by atoms with Crippen molar-refractivity contribution in [3.63, 3.8) is 0 Å². The summed E-state index contributed by atoms with van der Waals surface area (Å²) < 4.78 is 0. The lowest BCUT2D eigenvalue weighted by Crippen LogP contribution is -2.20. The molecule has 0 aromatic rings. The lowest BCUT2D eigenvalue weighted by atomic mass is 10.0. The summed E-state index contributed by atoms with van der Waals surface area (Å²) in [7, 11) is 0. The first kappa shape index (κ1) is 9.92. The Kier molecular flexibility index (Phi) is 5.64. The molecule has 2 nitrogen and oxygen atoms in total. The van der Waals surface area contributed by atoms with E-state index in [2.05, 4.69) is 6.92 Å². The number of hydrogen-bond donors (Lipinski definition) is 2. The van der Waals surface area contributed by atoms with Crippen molar-refractivity contribution in [3.8, 4) is 0 Å². The summed E-state index contributed by atoms with van der Waals surface area (Å²) in [6.45, 7) is 4.04. The summed E-state index contributed by atoms with van der Waals surface area (Å²) in [4.78, 5) is 0. The predicted octanol–water partition coefficient (Wildman–Crippen LogP) is 1.17. The molecule has 0 aliphatic heterocycles. The molecule has 2 atom stereocenters. The first-order valence-corrected chi connectivity index (χ1v) is 4.01. The second-order valence-electron chi connectivity index (χ2n) is 2.87. The number of hydrogen-bond acceptors (Lipinski definition) is 2. The summed E-state index contributed by atoms with van der Waals surface area (Å²) in [6, 6.07) is 0. The minimum atomic E-state index is -0.315. The van der Waals surface area contributed by atoms with Crippen molar-refractivity contribution >= 4 is 0 Å². The third-order valence-corrected chi connectivity index (χ3v) is 1.80. The van der Waals surface area contributed by atoms with Crippen molar-refractivity contribution < 1.29 is 10.2 Å². The van der Waals surface area contributed by atoms with Gasteiger partial charge in [0.25, 0.3) is 0 Å². The van der Waals surface area contributed by atoms with Crippen LogP contribution in [0.2, 0.25) is 0 Å². The van der Waals surface area contributed by atoms with E-state index in [9.17, 15) is 5.11 Å². The van der Waals surface area contributed by atoms with E-state index in [1.165, 1.54) is 0 Å². The van der Waals surface area contributed by atoms with Gasteiger partial charge in [0.05, 0.1) is 6.10 Å². The Hall–Kier alpha value is -0.0800. The molecule has 0 aromatic carbocycles. The van der Waals surface area contributed by atoms with E-state index in [1.54, 1.807) is 0 Å². The van der Waals surface area contributed by atoms with E-state index in [0.717, 1.165) is 19.3 Å². The van der Waals surface area contributed by atoms with E-state index in [4.69, 9.17) is 5.11 Å². The average molecular weight is 146 g/mol. The Bertz CT molecular complexity index is 73.7. The minimum absolute atomic E-state index is 0.0338. The van der Waals surface area contributed by atoms with Crippen LogP contribution in [-0.2, 0) is 0 Å². The Labute approximate surface area is 62.9 Å². The second kappa shape index (κ2) is 5.69. The quantitative estimate of drug-likeness (QED) is 0.611. The molecule has 0 saturated heterocycles. The molecule has 2 N–H and O–H groups in total. The average Bonchev–Trinajstić information content (AvgIpc) is 1.98. The summed E-state index contributed by atoms with van der Waals surface area (Å²) in [5.41, 5.74) is 0. The molecule has 0 saturated carbocycles. The van der Waals surface area contributed by atoms with Crippen LogP contribution < -0.4 is 0 Å². The second-order valence-corrected chi connectivity index (χ2v) is 2.87. The zero-order valence-electron chi connectivity index (χ0n) is 6.88. The fraction of sp³-hybridized carbons (Fsp3) is 1.00. The van der Waals surface area contributed by atoms with Crippen molar-refractivity contribution in [2.75, 3.05) is 6.61 Å². The van der Waals surface area contributed by atoms with Gasteiger partial charge in [-0.2, -0.15) is 0 Å². The number of rotatable bonds is 5. The molecule has 0 bridgehead atoms. The van der Waals surface area contributed by atoms with Gasteiger partial charge in [0.15, 0.2) is 0 Å². The lowest BCUT2D eigenvalue weighted by molar-refractivity contribution is 0.0689. The molecular formula is C8H18O2. The fourth-order valence-electron chi connectivity index (χ4n) is 0.819. The molecule has 0 spiro atoms. The monoisotopic (exact) mass is 146 g/mol. The van der Waals surface area contributed by atoms with Gasteiger partial charge in [-0.3, -0.25) is 0 Å². The Morgan fingerprint density at radius 3 is 2.40 bits per heavy atom. The van der Waals surface area contributed by atoms with Crippen LogP contribution in [0.3, 0.4) is 0 Å². The van der Waals surface area contributed by atoms with E-state index >= 15 is 0 Å². The molecule has 0 aliphatic carbocycles. The first-order chi connectivity index (χ1) is 4.72. The van der Waals surface area contributed by atoms with Gasteiger partial charge < -0.3 is 10.2 Å². The van der Waals surface area contributed by atoms with Gasteiger partial charge in [0, 0.05) is 12.5 Å². The highest BCUT2D eigenvalue weighted by atomic mass is 16.3. The van der Waals surface area contributed by atoms with Crippen molar-refractivity contribution in [1.82, 2.24) is 0 Å². The van der Waals surface area contributed by atoms with Crippen LogP contribution in [0.5, 0.6) is 0 Å². The standard InChI is InChI=1S/C8H18O2/c1-3-4-5-8(10)7(2)6-9/h7-10H,3-6H2,1-2H3/t7-,8-/m1/s1. The predicted molar refractivity (Wildman–Crippen MR) is 41.8 cm³/mol. The molecule has 0 amide bonds. The first-order valence-electron chi connectivity index (χ1n) is 4.01. The van der Waals surface area contributed by atoms with Crippen molar-refractivity contribution in [2.24, 2.45) is 5.92 Å². The van der Waals surface area contributed by atoms with Crippen molar-refractivity contribution in [2.45, 2.75) is 39.2 Å². The Morgan fingerprint density at radius 1 is 1.40 bits per heavy atom. The topological polar surface area (TPSA) is 40.5 Å². The highest BCUT2D eigenvalue weighted by molar-refractivity contribution is 4.62. The van der Waals surface area contributed by atoms with Gasteiger partial charge >= 0.3 is 0 Å². The maximum absolute atomic E-state index is 9.29. The van der Waals surface area contributed by atoms with Crippen LogP contribution in [0, 0.1) is 5.92 Å². The van der Waals surface area contributed by atoms with Crippen molar-refractivity contribution in [1.29, 1.82) is 0 Å². The smallest absolute Gasteiger partial charge is 0.0587 e. The molecule has 0 unspecified atom stereocenters. The highest BCUT2D eigenvalue weighted by Crippen LogP contribution is 2.09. The van der Waals surface area contributed by atoms with E-state index in [-0.39, 0.29) is 18.6 Å². The zero-order valence-corrected chi connectivity index (χ0v) is 6.88. The van der Waals surface area contributed by atoms with Crippen LogP contribution >= 0.6 is 0 Å². The third-order valence-electron chi connectivity index (χ3n) is 1.80. The summed E-state index contributed by atoms with van der Waals surface area (Å²) in [5.74, 6) is 0.0338. The molecule has 0 aliphatic rings. The third kappa shape index (κ3) is 3.85. The molecule has 0 heterocycles. The highest BCUT2D eigenvalue weighted by Gasteiger charge is 2.11. The molecule has 0 fully saturated rings. The summed E-state index contributed by atoms with van der Waals surface area (Å²) >= 11 is 0. The van der Waals surface area contributed by atoms with Gasteiger partial charge in [-0.1, -0.05) is 26.7 Å². The van der Waals surface area contributed by atoms with Gasteiger partial charge in [-0.25, -0.2) is 0 Å². The van der Waals surface area contributed by atoms with E-state index in [1.807, 2.05) is 6.92 Å². The fourth-order valence-corrected chi connectivity index (χ4v) is 0.819. The van der Waals surface area contributed by atoms with Crippen LogP contribution in [-0.4, -0.2) is 22.9 Å². The maximum Gasteiger partial charge on any atom is 0.0587 e. The number of unbranched alkanes of at least 4 members (excludes halogenated alkanes) is 1. The van der Waals surface area contributed by atoms with Crippen LogP contribution in [0.1, 0.15) is 33.1 Å². The molecule has 0 radical (unpaired) electrons. The molecule has 62 valence electrons. The van der Waals surface area contributed by atoms with Crippen LogP contribution in [0.25, 0.3) is 0 Å². The zero-order chi connectivity index (χ0) is 7.98. The summed E-state index contributed by atoms with van der Waals surface area (Å²) in [5, 5.41) is 17.9. The van der Waals surface area contributed by atoms with E-state index < -0.39 is 0 Å². The lowest BCUT2D eigenvalue weighted by Gasteiger charge is -2.15. The van der Waals surface area contributed by atoms with Crippen molar-refractivity contribution in [3.05, 3.63) is 0 Å². The minimum Gasteiger partial charge on any atom is -0.396 e. The largest absolute Gasteiger partial charge is 0.396 e. The van der Waals surface area contributed by atoms with Gasteiger partial charge in [-0.15, -0.1) is 0 Å². The molecule has 10 heavy (non-hydrogen) atoms. The maximum atomic E-state index is 9.29. The van der Waals surface area contributed by atoms with Gasteiger partial charge in [0.1, 0.15) is 0 Å². The Morgan fingerprint density at radius 2 is 2.00 bits per heavy atom. The molecular weight excluding hydrogens is 128 g/mol. The molecule has 2 heteroatoms. The number of aliphatic hydroxyl groups excluding tert-OH is 2. The SMILES string of the molecule is CCCC[C@@H](O)[C@H](C)CO. The van der Waals surface area contributed by atoms with Gasteiger partial charge in [-0.05, 0) is 6.42 Å². The van der Waals surface area contributed by atoms with Crippen LogP contribution in [0.4, 0.5) is 0 Å². The van der Waals surface area contributed by atoms with Crippen LogP contribution in [0.15, 0.2) is 0 Å². The summed E-state index contributed by atoms with van der Waals surface area (Å²) in [6.07, 6.45) is 2.66. The Balaban J connectivity index is 3.31. The number of aliphatic hydroxyl groups is 2. The molecule has 0 aromatic heterocycles. The normalized spacial score (nSPS) is 16.8. The van der Waals surface area contributed by atoms with E-state index in [0.29, 0.717) is 0 Å². The van der Waals surface area contributed by atoms with Gasteiger partial charge in [0.2, 0.25) is 0 Å². The molecule has 0 rings (SSSR count).